The number of benzene rings is 3. The zero-order chi connectivity index (χ0) is 21.8. The fraction of sp³-hybridized carbons (Fsp3) is 0.269. The molecule has 1 amide bonds. The first kappa shape index (κ1) is 21.4. The van der Waals surface area contributed by atoms with Gasteiger partial charge in [-0.05, 0) is 65.8 Å². The average Bonchev–Trinajstić information content (AvgIpc) is 2.82. The molecule has 5 heteroatoms. The first-order valence-corrected chi connectivity index (χ1v) is 11.3. The van der Waals surface area contributed by atoms with Gasteiger partial charge in [0.2, 0.25) is 0 Å². The monoisotopic (exact) mass is 479 g/mol. The van der Waals surface area contributed by atoms with Gasteiger partial charge in [-0.2, -0.15) is 0 Å². The Morgan fingerprint density at radius 1 is 1.10 bits per heavy atom. The lowest BCUT2D eigenvalue weighted by atomic mass is 9.89. The molecule has 4 nitrogen and oxygen atoms in total. The number of hydrogen-bond acceptors (Lipinski definition) is 3. The molecule has 31 heavy (non-hydrogen) atoms. The fourth-order valence-electron chi connectivity index (χ4n) is 4.21. The minimum atomic E-state index is -0.317. The van der Waals surface area contributed by atoms with Crippen LogP contribution in [0.3, 0.4) is 0 Å². The van der Waals surface area contributed by atoms with E-state index in [1.165, 1.54) is 5.56 Å². The molecule has 0 radical (unpaired) electrons. The van der Waals surface area contributed by atoms with Gasteiger partial charge in [0, 0.05) is 4.47 Å². The number of anilines is 1. The molecule has 0 aliphatic carbocycles. The zero-order valence-corrected chi connectivity index (χ0v) is 19.4. The highest BCUT2D eigenvalue weighted by Crippen LogP contribution is 2.43. The summed E-state index contributed by atoms with van der Waals surface area (Å²) in [5.74, 6) is 0.802. The summed E-state index contributed by atoms with van der Waals surface area (Å²) < 4.78 is 12.2. The van der Waals surface area contributed by atoms with Gasteiger partial charge in [-0.25, -0.2) is 4.79 Å². The van der Waals surface area contributed by atoms with E-state index in [0.717, 1.165) is 51.9 Å². The molecule has 1 aliphatic heterocycles. The number of ether oxygens (including phenoxy) is 2. The van der Waals surface area contributed by atoms with Crippen molar-refractivity contribution in [3.63, 3.8) is 0 Å². The smallest absolute Gasteiger partial charge is 0.415 e. The summed E-state index contributed by atoms with van der Waals surface area (Å²) in [5, 5.41) is 0. The Morgan fingerprint density at radius 2 is 1.84 bits per heavy atom. The summed E-state index contributed by atoms with van der Waals surface area (Å²) >= 11 is 3.63. The van der Waals surface area contributed by atoms with Gasteiger partial charge >= 0.3 is 6.09 Å². The molecule has 0 N–H and O–H groups in total. The van der Waals surface area contributed by atoms with Gasteiger partial charge in [0.15, 0.2) is 0 Å². The Kier molecular flexibility index (Phi) is 6.62. The highest BCUT2D eigenvalue weighted by Gasteiger charge is 2.35. The van der Waals surface area contributed by atoms with Crippen LogP contribution < -0.4 is 9.64 Å². The summed E-state index contributed by atoms with van der Waals surface area (Å²) in [5.41, 5.74) is 5.34. The first-order chi connectivity index (χ1) is 15.1. The highest BCUT2D eigenvalue weighted by molar-refractivity contribution is 9.10. The van der Waals surface area contributed by atoms with Crippen molar-refractivity contribution in [2.45, 2.75) is 38.8 Å². The fourth-order valence-corrected chi connectivity index (χ4v) is 4.77. The van der Waals surface area contributed by atoms with Gasteiger partial charge in [0.25, 0.3) is 0 Å². The summed E-state index contributed by atoms with van der Waals surface area (Å²) in [6.07, 6.45) is 2.25. The molecular weight excluding hydrogens is 454 g/mol. The van der Waals surface area contributed by atoms with E-state index in [2.05, 4.69) is 35.0 Å². The highest BCUT2D eigenvalue weighted by atomic mass is 79.9. The third kappa shape index (κ3) is 4.62. The van der Waals surface area contributed by atoms with E-state index in [9.17, 15) is 4.79 Å². The number of rotatable bonds is 5. The van der Waals surface area contributed by atoms with Gasteiger partial charge in [0.1, 0.15) is 12.4 Å². The van der Waals surface area contributed by atoms with Gasteiger partial charge in [-0.15, -0.1) is 0 Å². The molecule has 0 aromatic heterocycles. The maximum Gasteiger partial charge on any atom is 0.415 e. The van der Waals surface area contributed by atoms with Crippen molar-refractivity contribution < 1.29 is 14.3 Å². The zero-order valence-electron chi connectivity index (χ0n) is 17.8. The van der Waals surface area contributed by atoms with Crippen LogP contribution in [0.2, 0.25) is 0 Å². The largest absolute Gasteiger partial charge is 0.497 e. The Balaban J connectivity index is 1.71. The number of halogens is 1. The summed E-state index contributed by atoms with van der Waals surface area (Å²) in [4.78, 5) is 15.3. The minimum absolute atomic E-state index is 0.0897. The number of fused-ring (bicyclic) bond motifs is 1. The standard InChI is InChI=1S/C26H26BrNO3/c1-3-19-15-22(27)16-21-11-14-24(20-9-12-23(30-2)13-10-20)28(25(19)21)26(29)31-17-18-7-5-4-6-8-18/h4-10,12-13,15-16,24H,3,11,14,17H2,1-2H3. The predicted octanol–water partition coefficient (Wildman–Crippen LogP) is 6.85. The van der Waals surface area contributed by atoms with Crippen LogP contribution >= 0.6 is 15.9 Å². The van der Waals surface area contributed by atoms with Gasteiger partial charge in [0.05, 0.1) is 18.8 Å². The van der Waals surface area contributed by atoms with Crippen molar-refractivity contribution >= 4 is 27.7 Å². The lowest BCUT2D eigenvalue weighted by molar-refractivity contribution is 0.143. The molecule has 0 saturated heterocycles. The van der Waals surface area contributed by atoms with Crippen LogP contribution in [0, 0.1) is 0 Å². The summed E-state index contributed by atoms with van der Waals surface area (Å²) in [6, 6.07) is 21.9. The van der Waals surface area contributed by atoms with Crippen molar-refractivity contribution in [3.8, 4) is 5.75 Å². The van der Waals surface area contributed by atoms with Gasteiger partial charge in [-0.1, -0.05) is 65.3 Å². The van der Waals surface area contributed by atoms with Crippen molar-refractivity contribution in [2.24, 2.45) is 0 Å². The van der Waals surface area contributed by atoms with E-state index in [4.69, 9.17) is 9.47 Å². The molecule has 1 heterocycles. The van der Waals surface area contributed by atoms with Crippen LogP contribution in [0.25, 0.3) is 0 Å². The molecule has 1 aliphatic rings. The van der Waals surface area contributed by atoms with E-state index < -0.39 is 0 Å². The number of nitrogens with zero attached hydrogens (tertiary/aromatic N) is 1. The molecule has 3 aromatic carbocycles. The number of carbonyl (C=O) groups is 1. The topological polar surface area (TPSA) is 38.8 Å². The second-order valence-electron chi connectivity index (χ2n) is 7.66. The number of hydrogen-bond donors (Lipinski definition) is 0. The summed E-state index contributed by atoms with van der Waals surface area (Å²) in [7, 11) is 1.66. The van der Waals surface area contributed by atoms with Crippen LogP contribution in [0.15, 0.2) is 71.2 Å². The van der Waals surface area contributed by atoms with Crippen molar-refractivity contribution in [2.75, 3.05) is 12.0 Å². The Labute approximate surface area is 191 Å². The number of aryl methyl sites for hydroxylation is 2. The normalized spacial score (nSPS) is 15.3. The molecule has 0 saturated carbocycles. The molecule has 3 aromatic rings. The van der Waals surface area contributed by atoms with E-state index >= 15 is 0 Å². The maximum absolute atomic E-state index is 13.5. The third-order valence-corrected chi connectivity index (χ3v) is 6.21. The molecule has 160 valence electrons. The number of carbonyl (C=O) groups excluding carboxylic acids is 1. The van der Waals surface area contributed by atoms with Crippen LogP contribution in [-0.4, -0.2) is 13.2 Å². The second kappa shape index (κ2) is 9.56. The van der Waals surface area contributed by atoms with Crippen LogP contribution in [-0.2, 0) is 24.2 Å². The Hall–Kier alpha value is -2.79. The quantitative estimate of drug-likeness (QED) is 0.401. The molecule has 1 unspecified atom stereocenters. The van der Waals surface area contributed by atoms with Crippen LogP contribution in [0.1, 0.15) is 41.6 Å². The Morgan fingerprint density at radius 3 is 2.52 bits per heavy atom. The predicted molar refractivity (Wildman–Crippen MR) is 127 cm³/mol. The maximum atomic E-state index is 13.5. The van der Waals surface area contributed by atoms with Gasteiger partial charge < -0.3 is 9.47 Å². The second-order valence-corrected chi connectivity index (χ2v) is 8.58. The van der Waals surface area contributed by atoms with Crippen molar-refractivity contribution in [1.29, 1.82) is 0 Å². The molecule has 4 rings (SSSR count). The molecule has 1 atom stereocenters. The third-order valence-electron chi connectivity index (χ3n) is 5.76. The summed E-state index contributed by atoms with van der Waals surface area (Å²) in [6.45, 7) is 2.37. The van der Waals surface area contributed by atoms with Gasteiger partial charge in [-0.3, -0.25) is 4.90 Å². The van der Waals surface area contributed by atoms with E-state index in [1.807, 2.05) is 59.5 Å². The van der Waals surface area contributed by atoms with Crippen molar-refractivity contribution in [3.05, 3.63) is 93.5 Å². The lowest BCUT2D eigenvalue weighted by Crippen LogP contribution is -2.39. The minimum Gasteiger partial charge on any atom is -0.497 e. The number of methoxy groups -OCH3 is 1. The molecule has 0 fully saturated rings. The molecular formula is C26H26BrNO3. The van der Waals surface area contributed by atoms with E-state index in [0.29, 0.717) is 0 Å². The Bertz CT molecular complexity index is 1030. The number of amides is 1. The van der Waals surface area contributed by atoms with Crippen LogP contribution in [0.5, 0.6) is 5.75 Å². The van der Waals surface area contributed by atoms with Crippen LogP contribution in [0.4, 0.5) is 10.5 Å². The van der Waals surface area contributed by atoms with Crippen molar-refractivity contribution in [1.82, 2.24) is 0 Å². The molecule has 0 bridgehead atoms. The lowest BCUT2D eigenvalue weighted by Gasteiger charge is -2.38. The first-order valence-electron chi connectivity index (χ1n) is 10.6. The SMILES string of the molecule is CCc1cc(Br)cc2c1N(C(=O)OCc1ccccc1)C(c1ccc(OC)cc1)CC2. The molecule has 0 spiro atoms. The average molecular weight is 480 g/mol. The van der Waals surface area contributed by atoms with E-state index in [-0.39, 0.29) is 18.7 Å². The van der Waals surface area contributed by atoms with E-state index in [1.54, 1.807) is 7.11 Å².